The molecule has 2 heterocycles. The Morgan fingerprint density at radius 1 is 0.935 bits per heavy atom. The predicted molar refractivity (Wildman–Crippen MR) is 104 cm³/mol. The van der Waals surface area contributed by atoms with Gasteiger partial charge in [-0.25, -0.2) is 4.39 Å². The number of fused-ring (bicyclic) bond motifs is 3. The lowest BCUT2D eigenvalue weighted by molar-refractivity contribution is -0.140. The van der Waals surface area contributed by atoms with Crippen molar-refractivity contribution in [3.8, 4) is 11.5 Å². The van der Waals surface area contributed by atoms with Crippen LogP contribution in [-0.2, 0) is 14.3 Å². The lowest BCUT2D eigenvalue weighted by atomic mass is 9.75. The molecule has 2 aromatic rings. The van der Waals surface area contributed by atoms with Crippen LogP contribution in [-0.4, -0.2) is 44.0 Å². The van der Waals surface area contributed by atoms with Gasteiger partial charge in [0.1, 0.15) is 18.0 Å². The molecule has 0 spiro atoms. The molecular weight excluding hydrogens is 407 g/mol. The number of methoxy groups -OCH3 is 2. The number of benzene rings is 2. The first kappa shape index (κ1) is 19.4. The molecule has 0 bridgehead atoms. The first-order valence-corrected chi connectivity index (χ1v) is 9.63. The summed E-state index contributed by atoms with van der Waals surface area (Å²) in [4.78, 5) is 39.2. The summed E-state index contributed by atoms with van der Waals surface area (Å²) in [7, 11) is 2.81. The van der Waals surface area contributed by atoms with Gasteiger partial charge in [0.15, 0.2) is 29.2 Å². The van der Waals surface area contributed by atoms with Gasteiger partial charge in [0.25, 0.3) is 0 Å². The topological polar surface area (TPSA) is 88.1 Å². The van der Waals surface area contributed by atoms with Crippen LogP contribution in [0.3, 0.4) is 0 Å². The molecule has 0 amide bonds. The second kappa shape index (κ2) is 7.02. The van der Waals surface area contributed by atoms with Crippen molar-refractivity contribution in [3.63, 3.8) is 0 Å². The van der Waals surface area contributed by atoms with Gasteiger partial charge in [-0.15, -0.1) is 0 Å². The molecule has 3 atom stereocenters. The highest BCUT2D eigenvalue weighted by atomic mass is 19.1. The van der Waals surface area contributed by atoms with E-state index >= 15 is 0 Å². The van der Waals surface area contributed by atoms with Gasteiger partial charge in [-0.05, 0) is 29.8 Å². The zero-order chi connectivity index (χ0) is 21.9. The van der Waals surface area contributed by atoms with E-state index in [9.17, 15) is 18.8 Å². The predicted octanol–water partition coefficient (Wildman–Crippen LogP) is 2.97. The number of hydrogen-bond acceptors (Lipinski definition) is 7. The maximum atomic E-state index is 13.7. The summed E-state index contributed by atoms with van der Waals surface area (Å²) in [6.45, 7) is 0. The van der Waals surface area contributed by atoms with Gasteiger partial charge in [-0.2, -0.15) is 0 Å². The van der Waals surface area contributed by atoms with Gasteiger partial charge in [0, 0.05) is 11.1 Å². The molecule has 0 N–H and O–H groups in total. The van der Waals surface area contributed by atoms with E-state index in [1.54, 1.807) is 6.07 Å². The Hall–Kier alpha value is -3.52. The second-order valence-electron chi connectivity index (χ2n) is 7.43. The minimum Gasteiger partial charge on any atom is -0.493 e. The van der Waals surface area contributed by atoms with Gasteiger partial charge in [0.05, 0.1) is 31.8 Å². The fourth-order valence-corrected chi connectivity index (χ4v) is 4.44. The summed E-state index contributed by atoms with van der Waals surface area (Å²) in [6, 6.07) is 8.50. The highest BCUT2D eigenvalue weighted by Crippen LogP contribution is 2.48. The lowest BCUT2D eigenvalue weighted by Gasteiger charge is -2.37. The minimum absolute atomic E-state index is 0.0423. The fraction of sp³-hybridized carbons (Fsp3) is 0.261. The number of ketones is 2. The van der Waals surface area contributed by atoms with Crippen LogP contribution in [0.5, 0.6) is 11.5 Å². The molecule has 1 saturated heterocycles. The van der Waals surface area contributed by atoms with Gasteiger partial charge in [0.2, 0.25) is 0 Å². The third kappa shape index (κ3) is 2.79. The van der Waals surface area contributed by atoms with Crippen LogP contribution in [0.4, 0.5) is 4.39 Å². The highest BCUT2D eigenvalue weighted by Gasteiger charge is 2.52. The van der Waals surface area contributed by atoms with E-state index in [1.807, 2.05) is 0 Å². The number of hydrogen-bond donors (Lipinski definition) is 0. The van der Waals surface area contributed by atoms with Crippen LogP contribution in [0.15, 0.2) is 47.5 Å². The van der Waals surface area contributed by atoms with Gasteiger partial charge in [-0.3, -0.25) is 14.4 Å². The monoisotopic (exact) mass is 424 g/mol. The van der Waals surface area contributed by atoms with Crippen LogP contribution in [0.25, 0.3) is 0 Å². The number of esters is 1. The smallest absolute Gasteiger partial charge is 0.309 e. The van der Waals surface area contributed by atoms with E-state index in [1.165, 1.54) is 44.6 Å². The maximum absolute atomic E-state index is 13.7. The molecular formula is C23H17FO7. The molecule has 7 nitrogen and oxygen atoms in total. The van der Waals surface area contributed by atoms with E-state index in [0.717, 1.165) is 0 Å². The summed E-state index contributed by atoms with van der Waals surface area (Å²) in [5.74, 6) is -1.46. The number of Topliss-reactive ketones (excluding diaryl/α,β-unsaturated/α-hetero) is 2. The maximum Gasteiger partial charge on any atom is 0.309 e. The summed E-state index contributed by atoms with van der Waals surface area (Å²) >= 11 is 0. The molecule has 2 aliphatic heterocycles. The highest BCUT2D eigenvalue weighted by molar-refractivity contribution is 6.29. The molecule has 1 aliphatic carbocycles. The van der Waals surface area contributed by atoms with Gasteiger partial charge in [-0.1, -0.05) is 12.1 Å². The number of halogens is 1. The van der Waals surface area contributed by atoms with Crippen molar-refractivity contribution in [3.05, 3.63) is 70.1 Å². The van der Waals surface area contributed by atoms with Gasteiger partial charge >= 0.3 is 5.97 Å². The van der Waals surface area contributed by atoms with Gasteiger partial charge < -0.3 is 18.9 Å². The SMILES string of the molecule is COc1ccc2c(c1OC)C(=O)C1=C(C2=O)[C@@H]2OC(=O)C[C@@H]2O[C@H]1c1ccc(F)cc1. The third-order valence-corrected chi connectivity index (χ3v) is 5.79. The zero-order valence-electron chi connectivity index (χ0n) is 16.6. The molecule has 0 aromatic heterocycles. The Labute approximate surface area is 176 Å². The summed E-state index contributed by atoms with van der Waals surface area (Å²) in [6.07, 6.45) is -2.71. The first-order valence-electron chi connectivity index (χ1n) is 9.63. The van der Waals surface area contributed by atoms with Crippen LogP contribution in [0.2, 0.25) is 0 Å². The van der Waals surface area contributed by atoms with Crippen molar-refractivity contribution in [2.24, 2.45) is 0 Å². The van der Waals surface area contributed by atoms with Crippen molar-refractivity contribution >= 4 is 17.5 Å². The quantitative estimate of drug-likeness (QED) is 0.700. The van der Waals surface area contributed by atoms with Crippen LogP contribution in [0, 0.1) is 5.82 Å². The largest absolute Gasteiger partial charge is 0.493 e. The van der Waals surface area contributed by atoms with Crippen molar-refractivity contribution in [1.29, 1.82) is 0 Å². The van der Waals surface area contributed by atoms with Crippen molar-refractivity contribution in [2.75, 3.05) is 14.2 Å². The Morgan fingerprint density at radius 2 is 1.68 bits per heavy atom. The van der Waals surface area contributed by atoms with Crippen molar-refractivity contribution in [2.45, 2.75) is 24.7 Å². The minimum atomic E-state index is -0.975. The van der Waals surface area contributed by atoms with Crippen molar-refractivity contribution in [1.82, 2.24) is 0 Å². The molecule has 0 radical (unpaired) electrons. The zero-order valence-corrected chi connectivity index (χ0v) is 16.6. The molecule has 1 fully saturated rings. The fourth-order valence-electron chi connectivity index (χ4n) is 4.44. The molecule has 5 rings (SSSR count). The van der Waals surface area contributed by atoms with Crippen LogP contribution >= 0.6 is 0 Å². The van der Waals surface area contributed by atoms with E-state index in [0.29, 0.717) is 11.3 Å². The van der Waals surface area contributed by atoms with E-state index in [2.05, 4.69) is 0 Å². The average molecular weight is 424 g/mol. The number of carbonyl (C=O) groups excluding carboxylic acids is 3. The molecule has 0 unspecified atom stereocenters. The molecule has 31 heavy (non-hydrogen) atoms. The number of ether oxygens (including phenoxy) is 4. The molecule has 8 heteroatoms. The summed E-state index contributed by atoms with van der Waals surface area (Å²) in [5, 5.41) is 0. The Balaban J connectivity index is 1.75. The molecule has 0 saturated carbocycles. The normalized spacial score (nSPS) is 24.4. The third-order valence-electron chi connectivity index (χ3n) is 5.79. The lowest BCUT2D eigenvalue weighted by Crippen LogP contribution is -2.42. The first-order chi connectivity index (χ1) is 14.9. The van der Waals surface area contributed by atoms with Crippen molar-refractivity contribution < 1.29 is 37.7 Å². The summed E-state index contributed by atoms with van der Waals surface area (Å²) in [5.41, 5.74) is 0.845. The van der Waals surface area contributed by atoms with E-state index < -0.39 is 41.7 Å². The Kier molecular flexibility index (Phi) is 4.40. The molecule has 2 aromatic carbocycles. The summed E-state index contributed by atoms with van der Waals surface area (Å²) < 4.78 is 35.6. The number of carbonyl (C=O) groups is 3. The molecule has 158 valence electrons. The van der Waals surface area contributed by atoms with Crippen LogP contribution < -0.4 is 9.47 Å². The second-order valence-corrected chi connectivity index (χ2v) is 7.43. The Morgan fingerprint density at radius 3 is 2.35 bits per heavy atom. The van der Waals surface area contributed by atoms with Crippen LogP contribution in [0.1, 0.15) is 38.8 Å². The average Bonchev–Trinajstić information content (AvgIpc) is 3.15. The van der Waals surface area contributed by atoms with E-state index in [-0.39, 0.29) is 34.4 Å². The van der Waals surface area contributed by atoms with E-state index in [4.69, 9.17) is 18.9 Å². The Bertz CT molecular complexity index is 1170. The number of rotatable bonds is 3. The standard InChI is InChI=1S/C23H17FO7/c1-28-13-8-7-12-16(22(13)29-2)20(27)18-17(19(12)26)23-14(9-15(25)31-23)30-21(18)10-3-5-11(24)6-4-10/h3-8,14,21,23H,9H2,1-2H3/t14-,21-,23+/m0/s1. The molecule has 3 aliphatic rings.